The number of anilines is 2. The summed E-state index contributed by atoms with van der Waals surface area (Å²) >= 11 is 6.22. The zero-order valence-electron chi connectivity index (χ0n) is 13.9. The number of aromatic nitrogens is 5. The SMILES string of the molecule is Cc1nn2c(N)cc(NCCc3ccn(C4(CO)CC4)n3)nc2c1Cl. The first-order valence-corrected chi connectivity index (χ1v) is 8.61. The standard InChI is InChI=1S/C16H20ClN7O/c1-10-14(17)15-20-13(8-12(18)24(15)21-10)19-6-2-11-3-7-23(22-11)16(9-25)4-5-16/h3,7-8,25H,2,4-6,9,18H2,1H3,(H,19,20). The summed E-state index contributed by atoms with van der Waals surface area (Å²) in [5.74, 6) is 1.13. The van der Waals surface area contributed by atoms with Crippen molar-refractivity contribution in [3.05, 3.63) is 34.7 Å². The summed E-state index contributed by atoms with van der Waals surface area (Å²) < 4.78 is 3.42. The van der Waals surface area contributed by atoms with Crippen molar-refractivity contribution >= 4 is 28.9 Å². The van der Waals surface area contributed by atoms with Gasteiger partial charge in [0.05, 0.1) is 23.5 Å². The number of nitrogen functional groups attached to an aromatic ring is 1. The summed E-state index contributed by atoms with van der Waals surface area (Å²) in [6.07, 6.45) is 4.65. The number of rotatable bonds is 6. The highest BCUT2D eigenvalue weighted by Gasteiger charge is 2.44. The van der Waals surface area contributed by atoms with E-state index in [1.165, 1.54) is 4.52 Å². The van der Waals surface area contributed by atoms with Gasteiger partial charge in [-0.2, -0.15) is 14.7 Å². The van der Waals surface area contributed by atoms with Crippen molar-refractivity contribution in [2.75, 3.05) is 24.2 Å². The van der Waals surface area contributed by atoms with Crippen LogP contribution in [0.15, 0.2) is 18.3 Å². The number of nitrogens with one attached hydrogen (secondary N) is 1. The Balaban J connectivity index is 1.43. The lowest BCUT2D eigenvalue weighted by Gasteiger charge is -2.11. The van der Waals surface area contributed by atoms with Gasteiger partial charge in [-0.05, 0) is 25.8 Å². The molecule has 0 aliphatic heterocycles. The molecule has 4 N–H and O–H groups in total. The Morgan fingerprint density at radius 3 is 2.92 bits per heavy atom. The summed E-state index contributed by atoms with van der Waals surface area (Å²) in [6, 6.07) is 3.72. The Hall–Kier alpha value is -2.32. The maximum absolute atomic E-state index is 9.47. The average Bonchev–Trinajstić information content (AvgIpc) is 3.17. The van der Waals surface area contributed by atoms with Crippen LogP contribution in [0.2, 0.25) is 5.02 Å². The number of nitrogens with zero attached hydrogens (tertiary/aromatic N) is 5. The van der Waals surface area contributed by atoms with Gasteiger partial charge in [-0.15, -0.1) is 0 Å². The van der Waals surface area contributed by atoms with Crippen LogP contribution in [0, 0.1) is 6.92 Å². The normalized spacial score (nSPS) is 15.6. The van der Waals surface area contributed by atoms with Gasteiger partial charge in [0.1, 0.15) is 16.7 Å². The first-order valence-electron chi connectivity index (χ1n) is 8.23. The molecule has 3 aromatic heterocycles. The van der Waals surface area contributed by atoms with Crippen molar-refractivity contribution in [3.63, 3.8) is 0 Å². The zero-order chi connectivity index (χ0) is 17.6. The maximum atomic E-state index is 9.47. The third-order valence-electron chi connectivity index (χ3n) is 4.66. The van der Waals surface area contributed by atoms with Gasteiger partial charge in [-0.3, -0.25) is 4.68 Å². The lowest BCUT2D eigenvalue weighted by Crippen LogP contribution is -2.22. The minimum Gasteiger partial charge on any atom is -0.394 e. The molecule has 132 valence electrons. The van der Waals surface area contributed by atoms with Gasteiger partial charge in [-0.1, -0.05) is 11.6 Å². The maximum Gasteiger partial charge on any atom is 0.178 e. The summed E-state index contributed by atoms with van der Waals surface area (Å²) in [5, 5.41) is 22.1. The number of halogens is 1. The minimum absolute atomic E-state index is 0.140. The van der Waals surface area contributed by atoms with Gasteiger partial charge in [0.25, 0.3) is 0 Å². The van der Waals surface area contributed by atoms with Gasteiger partial charge in [-0.25, -0.2) is 4.98 Å². The molecule has 0 saturated heterocycles. The number of aryl methyl sites for hydroxylation is 1. The number of aliphatic hydroxyl groups is 1. The Morgan fingerprint density at radius 1 is 1.40 bits per heavy atom. The van der Waals surface area contributed by atoms with Crippen molar-refractivity contribution in [1.29, 1.82) is 0 Å². The van der Waals surface area contributed by atoms with Gasteiger partial charge in [0.15, 0.2) is 5.65 Å². The topological polar surface area (TPSA) is 106 Å². The number of aliphatic hydroxyl groups excluding tert-OH is 1. The highest BCUT2D eigenvalue weighted by molar-refractivity contribution is 6.34. The van der Waals surface area contributed by atoms with Crippen LogP contribution >= 0.6 is 11.6 Å². The molecule has 1 fully saturated rings. The van der Waals surface area contributed by atoms with E-state index in [9.17, 15) is 5.11 Å². The van der Waals surface area contributed by atoms with Gasteiger partial charge >= 0.3 is 0 Å². The molecule has 25 heavy (non-hydrogen) atoms. The molecule has 4 rings (SSSR count). The Labute approximate surface area is 149 Å². The van der Waals surface area contributed by atoms with E-state index >= 15 is 0 Å². The van der Waals surface area contributed by atoms with Crippen molar-refractivity contribution < 1.29 is 5.11 Å². The van der Waals surface area contributed by atoms with Crippen LogP contribution in [0.25, 0.3) is 5.65 Å². The Morgan fingerprint density at radius 2 is 2.20 bits per heavy atom. The number of hydrogen-bond donors (Lipinski definition) is 3. The van der Waals surface area contributed by atoms with Crippen LogP contribution < -0.4 is 11.1 Å². The summed E-state index contributed by atoms with van der Waals surface area (Å²) in [7, 11) is 0. The lowest BCUT2D eigenvalue weighted by atomic mass is 10.3. The Bertz CT molecular complexity index is 928. The van der Waals surface area contributed by atoms with Gasteiger partial charge in [0, 0.05) is 25.2 Å². The second-order valence-corrected chi connectivity index (χ2v) is 6.89. The molecule has 0 amide bonds. The Kier molecular flexibility index (Phi) is 3.81. The lowest BCUT2D eigenvalue weighted by molar-refractivity contribution is 0.202. The molecule has 0 aromatic carbocycles. The van der Waals surface area contributed by atoms with E-state index < -0.39 is 0 Å². The van der Waals surface area contributed by atoms with Crippen LogP contribution in [-0.4, -0.2) is 42.6 Å². The molecule has 1 aliphatic carbocycles. The van der Waals surface area contributed by atoms with Crippen molar-refractivity contribution in [2.45, 2.75) is 31.7 Å². The van der Waals surface area contributed by atoms with Crippen molar-refractivity contribution in [3.8, 4) is 0 Å². The molecular formula is C16H20ClN7O. The third-order valence-corrected chi connectivity index (χ3v) is 5.10. The minimum atomic E-state index is -0.163. The third kappa shape index (κ3) is 2.81. The van der Waals surface area contributed by atoms with Crippen LogP contribution in [-0.2, 0) is 12.0 Å². The smallest absolute Gasteiger partial charge is 0.178 e. The van der Waals surface area contributed by atoms with E-state index in [1.54, 1.807) is 6.07 Å². The first-order chi connectivity index (χ1) is 12.0. The predicted molar refractivity (Wildman–Crippen MR) is 95.9 cm³/mol. The number of nitrogens with two attached hydrogens (primary N) is 1. The monoisotopic (exact) mass is 361 g/mol. The van der Waals surface area contributed by atoms with E-state index in [2.05, 4.69) is 20.5 Å². The molecule has 8 nitrogen and oxygen atoms in total. The summed E-state index contributed by atoms with van der Waals surface area (Å²) in [6.45, 7) is 2.62. The molecule has 0 radical (unpaired) electrons. The second-order valence-electron chi connectivity index (χ2n) is 6.51. The molecule has 3 aromatic rings. The average molecular weight is 362 g/mol. The summed E-state index contributed by atoms with van der Waals surface area (Å²) in [5.41, 5.74) is 8.07. The van der Waals surface area contributed by atoms with Crippen LogP contribution in [0.5, 0.6) is 0 Å². The fourth-order valence-corrected chi connectivity index (χ4v) is 3.05. The predicted octanol–water partition coefficient (Wildman–Crippen LogP) is 1.61. The molecule has 3 heterocycles. The molecule has 0 atom stereocenters. The van der Waals surface area contributed by atoms with Gasteiger partial charge < -0.3 is 16.2 Å². The van der Waals surface area contributed by atoms with Crippen LogP contribution in [0.4, 0.5) is 11.6 Å². The van der Waals surface area contributed by atoms with Gasteiger partial charge in [0.2, 0.25) is 0 Å². The largest absolute Gasteiger partial charge is 0.394 e. The molecular weight excluding hydrogens is 342 g/mol. The second kappa shape index (κ2) is 5.89. The number of hydrogen-bond acceptors (Lipinski definition) is 6. The molecule has 1 aliphatic rings. The molecule has 9 heteroatoms. The van der Waals surface area contributed by atoms with E-state index in [0.29, 0.717) is 34.5 Å². The first kappa shape index (κ1) is 16.2. The van der Waals surface area contributed by atoms with E-state index in [0.717, 1.165) is 25.0 Å². The van der Waals surface area contributed by atoms with E-state index in [1.807, 2.05) is 23.9 Å². The van der Waals surface area contributed by atoms with Crippen molar-refractivity contribution in [1.82, 2.24) is 24.4 Å². The fraction of sp³-hybridized carbons (Fsp3) is 0.438. The van der Waals surface area contributed by atoms with Crippen LogP contribution in [0.3, 0.4) is 0 Å². The quantitative estimate of drug-likeness (QED) is 0.615. The van der Waals surface area contributed by atoms with Crippen LogP contribution in [0.1, 0.15) is 24.2 Å². The molecule has 1 saturated carbocycles. The van der Waals surface area contributed by atoms with Crippen molar-refractivity contribution in [2.24, 2.45) is 0 Å². The number of fused-ring (bicyclic) bond motifs is 1. The highest BCUT2D eigenvalue weighted by atomic mass is 35.5. The highest BCUT2D eigenvalue weighted by Crippen LogP contribution is 2.42. The summed E-state index contributed by atoms with van der Waals surface area (Å²) in [4.78, 5) is 4.47. The molecule has 0 bridgehead atoms. The van der Waals surface area contributed by atoms with E-state index in [-0.39, 0.29) is 12.1 Å². The fourth-order valence-electron chi connectivity index (χ4n) is 2.89. The molecule has 0 unspecified atom stereocenters. The zero-order valence-corrected chi connectivity index (χ0v) is 14.7. The molecule has 0 spiro atoms. The van der Waals surface area contributed by atoms with E-state index in [4.69, 9.17) is 17.3 Å².